The summed E-state index contributed by atoms with van der Waals surface area (Å²) in [6, 6.07) is 5.20. The molecule has 0 aliphatic heterocycles. The molecule has 0 bridgehead atoms. The Morgan fingerprint density at radius 1 is 1.39 bits per heavy atom. The molecule has 0 saturated carbocycles. The first-order valence-corrected chi connectivity index (χ1v) is 6.02. The molecule has 0 fully saturated rings. The average Bonchev–Trinajstić information content (AvgIpc) is 2.65. The second kappa shape index (κ2) is 5.64. The van der Waals surface area contributed by atoms with Crippen molar-refractivity contribution in [1.82, 2.24) is 19.7 Å². The SMILES string of the molecule is Cc1nn(C)cc1CNCCn1ccccc1=O. The van der Waals surface area contributed by atoms with Gasteiger partial charge < -0.3 is 9.88 Å². The lowest BCUT2D eigenvalue weighted by atomic mass is 10.2. The Balaban J connectivity index is 1.82. The lowest BCUT2D eigenvalue weighted by Crippen LogP contribution is -2.25. The quantitative estimate of drug-likeness (QED) is 0.789. The zero-order valence-corrected chi connectivity index (χ0v) is 10.8. The van der Waals surface area contributed by atoms with Crippen molar-refractivity contribution >= 4 is 0 Å². The minimum absolute atomic E-state index is 0.0388. The molecule has 1 N–H and O–H groups in total. The van der Waals surface area contributed by atoms with E-state index in [4.69, 9.17) is 0 Å². The Morgan fingerprint density at radius 2 is 2.22 bits per heavy atom. The Morgan fingerprint density at radius 3 is 2.89 bits per heavy atom. The van der Waals surface area contributed by atoms with E-state index in [1.807, 2.05) is 30.9 Å². The van der Waals surface area contributed by atoms with Crippen LogP contribution in [0.1, 0.15) is 11.3 Å². The first kappa shape index (κ1) is 12.6. The van der Waals surface area contributed by atoms with Gasteiger partial charge in [-0.05, 0) is 13.0 Å². The van der Waals surface area contributed by atoms with Crippen molar-refractivity contribution in [3.63, 3.8) is 0 Å². The standard InChI is InChI=1S/C13H18N4O/c1-11-12(10-16(2)15-11)9-14-6-8-17-7-4-3-5-13(17)18/h3-5,7,10,14H,6,8-9H2,1-2H3. The van der Waals surface area contributed by atoms with Gasteiger partial charge >= 0.3 is 0 Å². The predicted octanol–water partition coefficient (Wildman–Crippen LogP) is 0.680. The van der Waals surface area contributed by atoms with E-state index >= 15 is 0 Å². The van der Waals surface area contributed by atoms with Gasteiger partial charge in [0.15, 0.2) is 0 Å². The number of rotatable bonds is 5. The number of aryl methyl sites for hydroxylation is 2. The van der Waals surface area contributed by atoms with E-state index in [2.05, 4.69) is 10.4 Å². The molecule has 0 aliphatic rings. The average molecular weight is 246 g/mol. The number of hydrogen-bond donors (Lipinski definition) is 1. The van der Waals surface area contributed by atoms with Crippen molar-refractivity contribution in [2.75, 3.05) is 6.54 Å². The van der Waals surface area contributed by atoms with Crippen molar-refractivity contribution in [3.05, 3.63) is 52.2 Å². The maximum atomic E-state index is 11.5. The molecular weight excluding hydrogens is 228 g/mol. The van der Waals surface area contributed by atoms with Gasteiger partial charge in [0.25, 0.3) is 5.56 Å². The van der Waals surface area contributed by atoms with Crippen molar-refractivity contribution < 1.29 is 0 Å². The second-order valence-corrected chi connectivity index (χ2v) is 4.32. The number of hydrogen-bond acceptors (Lipinski definition) is 3. The molecule has 0 amide bonds. The van der Waals surface area contributed by atoms with Crippen LogP contribution in [0.4, 0.5) is 0 Å². The minimum atomic E-state index is 0.0388. The van der Waals surface area contributed by atoms with E-state index in [0.717, 1.165) is 18.8 Å². The number of nitrogens with one attached hydrogen (secondary N) is 1. The highest BCUT2D eigenvalue weighted by molar-refractivity contribution is 5.14. The van der Waals surface area contributed by atoms with Crippen molar-refractivity contribution in [1.29, 1.82) is 0 Å². The van der Waals surface area contributed by atoms with E-state index < -0.39 is 0 Å². The van der Waals surface area contributed by atoms with Gasteiger partial charge in [0.05, 0.1) is 5.69 Å². The van der Waals surface area contributed by atoms with Crippen LogP contribution >= 0.6 is 0 Å². The fourth-order valence-electron chi connectivity index (χ4n) is 1.89. The van der Waals surface area contributed by atoms with Crippen LogP contribution in [0.5, 0.6) is 0 Å². The van der Waals surface area contributed by atoms with Crippen molar-refractivity contribution in [2.24, 2.45) is 7.05 Å². The van der Waals surface area contributed by atoms with Crippen LogP contribution in [0.3, 0.4) is 0 Å². The maximum absolute atomic E-state index is 11.5. The predicted molar refractivity (Wildman–Crippen MR) is 70.4 cm³/mol. The highest BCUT2D eigenvalue weighted by Crippen LogP contribution is 2.03. The normalized spacial score (nSPS) is 10.8. The monoisotopic (exact) mass is 246 g/mol. The van der Waals surface area contributed by atoms with E-state index in [1.54, 1.807) is 22.9 Å². The van der Waals surface area contributed by atoms with Crippen molar-refractivity contribution in [2.45, 2.75) is 20.0 Å². The highest BCUT2D eigenvalue weighted by atomic mass is 16.1. The Kier molecular flexibility index (Phi) is 3.94. The van der Waals surface area contributed by atoms with Crippen LogP contribution in [0.15, 0.2) is 35.4 Å². The molecule has 0 atom stereocenters. The summed E-state index contributed by atoms with van der Waals surface area (Å²) < 4.78 is 3.51. The zero-order chi connectivity index (χ0) is 13.0. The van der Waals surface area contributed by atoms with Crippen LogP contribution in [-0.4, -0.2) is 20.9 Å². The molecule has 2 aromatic rings. The van der Waals surface area contributed by atoms with Gasteiger partial charge in [0.1, 0.15) is 0 Å². The Hall–Kier alpha value is -1.88. The minimum Gasteiger partial charge on any atom is -0.314 e. The molecule has 0 radical (unpaired) electrons. The molecule has 0 spiro atoms. The topological polar surface area (TPSA) is 51.9 Å². The molecular formula is C13H18N4O. The van der Waals surface area contributed by atoms with Gasteiger partial charge in [0, 0.05) is 50.7 Å². The lowest BCUT2D eigenvalue weighted by Gasteiger charge is -2.06. The fourth-order valence-corrected chi connectivity index (χ4v) is 1.89. The summed E-state index contributed by atoms with van der Waals surface area (Å²) in [5, 5.41) is 7.60. The lowest BCUT2D eigenvalue weighted by molar-refractivity contribution is 0.584. The fraction of sp³-hybridized carbons (Fsp3) is 0.385. The first-order valence-electron chi connectivity index (χ1n) is 6.02. The molecule has 5 nitrogen and oxygen atoms in total. The van der Waals surface area contributed by atoms with Gasteiger partial charge in [-0.1, -0.05) is 6.07 Å². The summed E-state index contributed by atoms with van der Waals surface area (Å²) in [7, 11) is 1.92. The molecule has 18 heavy (non-hydrogen) atoms. The van der Waals surface area contributed by atoms with E-state index in [9.17, 15) is 4.79 Å². The van der Waals surface area contributed by atoms with Gasteiger partial charge in [0.2, 0.25) is 0 Å². The molecule has 0 saturated heterocycles. The van der Waals surface area contributed by atoms with Gasteiger partial charge in [-0.15, -0.1) is 0 Å². The third kappa shape index (κ3) is 3.07. The van der Waals surface area contributed by atoms with Crippen molar-refractivity contribution in [3.8, 4) is 0 Å². The molecule has 2 aromatic heterocycles. The summed E-state index contributed by atoms with van der Waals surface area (Å²) >= 11 is 0. The number of pyridine rings is 1. The summed E-state index contributed by atoms with van der Waals surface area (Å²) in [6.07, 6.45) is 3.82. The Bertz CT molecular complexity index is 570. The second-order valence-electron chi connectivity index (χ2n) is 4.32. The molecule has 0 unspecified atom stereocenters. The number of nitrogens with zero attached hydrogens (tertiary/aromatic N) is 3. The highest BCUT2D eigenvalue weighted by Gasteiger charge is 2.01. The van der Waals surface area contributed by atoms with Crippen LogP contribution in [0.2, 0.25) is 0 Å². The zero-order valence-electron chi connectivity index (χ0n) is 10.8. The largest absolute Gasteiger partial charge is 0.314 e. The van der Waals surface area contributed by atoms with Crippen LogP contribution in [0, 0.1) is 6.92 Å². The summed E-state index contributed by atoms with van der Waals surface area (Å²) in [4.78, 5) is 11.5. The van der Waals surface area contributed by atoms with Crippen LogP contribution in [0.25, 0.3) is 0 Å². The summed E-state index contributed by atoms with van der Waals surface area (Å²) in [6.45, 7) is 4.22. The summed E-state index contributed by atoms with van der Waals surface area (Å²) in [5.41, 5.74) is 2.27. The molecule has 5 heteroatoms. The number of aromatic nitrogens is 3. The first-order chi connectivity index (χ1) is 8.66. The Labute approximate surface area is 106 Å². The van der Waals surface area contributed by atoms with Crippen LogP contribution in [-0.2, 0) is 20.1 Å². The van der Waals surface area contributed by atoms with Gasteiger partial charge in [-0.2, -0.15) is 5.10 Å². The molecule has 2 rings (SSSR count). The van der Waals surface area contributed by atoms with E-state index in [-0.39, 0.29) is 5.56 Å². The van der Waals surface area contributed by atoms with E-state index in [0.29, 0.717) is 6.54 Å². The van der Waals surface area contributed by atoms with Gasteiger partial charge in [-0.3, -0.25) is 9.48 Å². The third-order valence-corrected chi connectivity index (χ3v) is 2.86. The van der Waals surface area contributed by atoms with Gasteiger partial charge in [-0.25, -0.2) is 0 Å². The molecule has 96 valence electrons. The third-order valence-electron chi connectivity index (χ3n) is 2.86. The van der Waals surface area contributed by atoms with E-state index in [1.165, 1.54) is 5.56 Å². The maximum Gasteiger partial charge on any atom is 0.250 e. The molecule has 0 aliphatic carbocycles. The molecule has 2 heterocycles. The smallest absolute Gasteiger partial charge is 0.250 e. The van der Waals surface area contributed by atoms with Crippen LogP contribution < -0.4 is 10.9 Å². The molecule has 0 aromatic carbocycles. The summed E-state index contributed by atoms with van der Waals surface area (Å²) in [5.74, 6) is 0.